The third-order valence-electron chi connectivity index (χ3n) is 5.98. The largest absolute Gasteiger partial charge is 0.353 e. The van der Waals surface area contributed by atoms with Gasteiger partial charge in [-0.3, -0.25) is 14.4 Å². The van der Waals surface area contributed by atoms with Crippen molar-refractivity contribution >= 4 is 11.8 Å². The molecule has 3 heterocycles. The molecule has 0 spiro atoms. The van der Waals surface area contributed by atoms with Gasteiger partial charge in [-0.15, -0.1) is 0 Å². The summed E-state index contributed by atoms with van der Waals surface area (Å²) >= 11 is 0. The van der Waals surface area contributed by atoms with Crippen molar-refractivity contribution in [2.45, 2.75) is 39.7 Å². The van der Waals surface area contributed by atoms with E-state index < -0.39 is 0 Å². The highest BCUT2D eigenvalue weighted by Gasteiger charge is 2.29. The van der Waals surface area contributed by atoms with Gasteiger partial charge in [0.1, 0.15) is 5.69 Å². The van der Waals surface area contributed by atoms with E-state index in [4.69, 9.17) is 0 Å². The molecule has 3 aliphatic rings. The standard InChI is InChI=1S/C24H29N5O3/c1-3-5-11-21(30)27-12-14-28(15-13-27)23(31)19-16-26(4-2)17-20-22(19)25-29(24(20)32)18-9-7-6-8-10-18/h6-10,16-17H,3-5,11-15H2,1-2H3. The summed E-state index contributed by atoms with van der Waals surface area (Å²) in [6.45, 7) is 6.68. The number of pyridine rings is 1. The van der Waals surface area contributed by atoms with Crippen LogP contribution in [-0.2, 0) is 11.3 Å². The number of carbonyl (C=O) groups excluding carboxylic acids is 2. The third kappa shape index (κ3) is 4.17. The second kappa shape index (κ2) is 9.38. The summed E-state index contributed by atoms with van der Waals surface area (Å²) in [5, 5.41) is 4.53. The highest BCUT2D eigenvalue weighted by Crippen LogP contribution is 2.24. The van der Waals surface area contributed by atoms with Crippen LogP contribution >= 0.6 is 0 Å². The normalized spacial score (nSPS) is 14.2. The molecule has 1 fully saturated rings. The maximum Gasteiger partial charge on any atom is 0.282 e. The number of fused-ring (bicyclic) bond motifs is 1. The predicted molar refractivity (Wildman–Crippen MR) is 122 cm³/mol. The van der Waals surface area contributed by atoms with Crippen LogP contribution in [0.4, 0.5) is 0 Å². The van der Waals surface area contributed by atoms with Crippen molar-refractivity contribution in [2.24, 2.45) is 0 Å². The van der Waals surface area contributed by atoms with E-state index in [-0.39, 0.29) is 17.4 Å². The van der Waals surface area contributed by atoms with Gasteiger partial charge in [0.15, 0.2) is 0 Å². The van der Waals surface area contributed by atoms with Gasteiger partial charge in [0, 0.05) is 51.5 Å². The Morgan fingerprint density at radius 2 is 1.66 bits per heavy atom. The minimum Gasteiger partial charge on any atom is -0.353 e. The molecule has 0 radical (unpaired) electrons. The summed E-state index contributed by atoms with van der Waals surface area (Å²) in [7, 11) is 0. The van der Waals surface area contributed by atoms with Crippen LogP contribution in [0.15, 0.2) is 47.5 Å². The molecule has 1 aromatic rings. The lowest BCUT2D eigenvalue weighted by Gasteiger charge is -2.35. The van der Waals surface area contributed by atoms with Crippen molar-refractivity contribution in [1.82, 2.24) is 24.1 Å². The molecule has 0 aromatic heterocycles. The first-order chi connectivity index (χ1) is 15.5. The van der Waals surface area contributed by atoms with Crippen molar-refractivity contribution in [2.75, 3.05) is 26.2 Å². The Kier molecular flexibility index (Phi) is 6.39. The molecule has 0 aliphatic carbocycles. The highest BCUT2D eigenvalue weighted by atomic mass is 16.2. The second-order valence-electron chi connectivity index (χ2n) is 8.09. The van der Waals surface area contributed by atoms with Crippen LogP contribution < -0.4 is 5.56 Å². The van der Waals surface area contributed by atoms with Gasteiger partial charge in [0.25, 0.3) is 11.5 Å². The summed E-state index contributed by atoms with van der Waals surface area (Å²) in [6.07, 6.45) is 5.96. The number of benzene rings is 1. The zero-order chi connectivity index (χ0) is 22.7. The van der Waals surface area contributed by atoms with Gasteiger partial charge in [0.05, 0.1) is 16.8 Å². The number of rotatable bonds is 6. The lowest BCUT2D eigenvalue weighted by atomic mass is 10.1. The van der Waals surface area contributed by atoms with E-state index in [1.54, 1.807) is 17.3 Å². The topological polar surface area (TPSA) is 80.4 Å². The second-order valence-corrected chi connectivity index (χ2v) is 8.09. The van der Waals surface area contributed by atoms with Crippen molar-refractivity contribution in [3.05, 3.63) is 58.6 Å². The number of para-hydroxylation sites is 1. The Morgan fingerprint density at radius 1 is 0.969 bits per heavy atom. The number of hydrogen-bond donors (Lipinski definition) is 0. The van der Waals surface area contributed by atoms with Gasteiger partial charge in [-0.05, 0) is 25.5 Å². The average Bonchev–Trinajstić information content (AvgIpc) is 3.18. The van der Waals surface area contributed by atoms with E-state index in [1.807, 2.05) is 46.7 Å². The first-order valence-corrected chi connectivity index (χ1v) is 11.3. The van der Waals surface area contributed by atoms with Crippen LogP contribution in [0.2, 0.25) is 0 Å². The van der Waals surface area contributed by atoms with Crippen LogP contribution in [0.25, 0.3) is 16.9 Å². The minimum atomic E-state index is -0.241. The summed E-state index contributed by atoms with van der Waals surface area (Å²) in [4.78, 5) is 42.4. The molecule has 4 rings (SSSR count). The maximum absolute atomic E-state index is 13.4. The molecule has 8 heteroatoms. The van der Waals surface area contributed by atoms with E-state index in [1.165, 1.54) is 4.68 Å². The fraction of sp³-hybridized carbons (Fsp3) is 0.417. The van der Waals surface area contributed by atoms with E-state index in [9.17, 15) is 14.4 Å². The number of unbranched alkanes of at least 4 members (excludes halogenated alkanes) is 1. The summed E-state index contributed by atoms with van der Waals surface area (Å²) in [5.41, 5.74) is 1.68. The van der Waals surface area contributed by atoms with E-state index >= 15 is 0 Å². The Hall–Kier alpha value is -3.42. The van der Waals surface area contributed by atoms with Gasteiger partial charge in [-0.25, -0.2) is 0 Å². The highest BCUT2D eigenvalue weighted by molar-refractivity contribution is 6.00. The third-order valence-corrected chi connectivity index (χ3v) is 5.98. The lowest BCUT2D eigenvalue weighted by molar-refractivity contribution is -0.132. The van der Waals surface area contributed by atoms with E-state index in [0.29, 0.717) is 61.7 Å². The van der Waals surface area contributed by atoms with Gasteiger partial charge >= 0.3 is 0 Å². The molecule has 3 aliphatic heterocycles. The summed E-state index contributed by atoms with van der Waals surface area (Å²) in [6, 6.07) is 9.21. The number of aryl methyl sites for hydroxylation is 1. The Bertz CT molecular complexity index is 1130. The Balaban J connectivity index is 1.62. The molecule has 2 amide bonds. The molecule has 1 saturated heterocycles. The molecule has 8 nitrogen and oxygen atoms in total. The van der Waals surface area contributed by atoms with Crippen molar-refractivity contribution < 1.29 is 9.59 Å². The number of carbonyl (C=O) groups is 2. The van der Waals surface area contributed by atoms with Crippen LogP contribution in [0.3, 0.4) is 0 Å². The molecule has 0 saturated carbocycles. The molecule has 0 unspecified atom stereocenters. The van der Waals surface area contributed by atoms with Gasteiger partial charge in [-0.2, -0.15) is 9.78 Å². The van der Waals surface area contributed by atoms with Crippen molar-refractivity contribution in [3.8, 4) is 16.9 Å². The molecular formula is C24H29N5O3. The molecule has 0 atom stereocenters. The first-order valence-electron chi connectivity index (χ1n) is 11.3. The van der Waals surface area contributed by atoms with Crippen LogP contribution in [0.5, 0.6) is 0 Å². The van der Waals surface area contributed by atoms with Gasteiger partial charge < -0.3 is 14.4 Å². The molecule has 0 bridgehead atoms. The number of hydrogen-bond acceptors (Lipinski definition) is 4. The van der Waals surface area contributed by atoms with Crippen LogP contribution in [0, 0.1) is 0 Å². The molecule has 32 heavy (non-hydrogen) atoms. The monoisotopic (exact) mass is 435 g/mol. The SMILES string of the molecule is CCCCC(=O)N1CCN(C(=O)c2cn(CC)cc3c(=O)n(-c4ccccc4)nc2-3)CC1. The fourth-order valence-corrected chi connectivity index (χ4v) is 4.06. The van der Waals surface area contributed by atoms with Crippen LogP contribution in [-0.4, -0.2) is 62.1 Å². The van der Waals surface area contributed by atoms with Crippen LogP contribution in [0.1, 0.15) is 43.5 Å². The minimum absolute atomic E-state index is 0.155. The number of piperazine rings is 1. The smallest absolute Gasteiger partial charge is 0.282 e. The summed E-state index contributed by atoms with van der Waals surface area (Å²) in [5.74, 6) is -0.00125. The number of amides is 2. The zero-order valence-corrected chi connectivity index (χ0v) is 18.7. The Morgan fingerprint density at radius 3 is 2.31 bits per heavy atom. The molecule has 0 N–H and O–H groups in total. The first kappa shape index (κ1) is 21.8. The fourth-order valence-electron chi connectivity index (χ4n) is 4.06. The van der Waals surface area contributed by atoms with E-state index in [0.717, 1.165) is 12.8 Å². The van der Waals surface area contributed by atoms with Gasteiger partial charge in [0.2, 0.25) is 5.91 Å². The maximum atomic E-state index is 13.4. The average molecular weight is 436 g/mol. The predicted octanol–water partition coefficient (Wildman–Crippen LogP) is 2.63. The molecule has 168 valence electrons. The number of nitrogens with zero attached hydrogens (tertiary/aromatic N) is 5. The zero-order valence-electron chi connectivity index (χ0n) is 18.7. The van der Waals surface area contributed by atoms with Crippen molar-refractivity contribution in [1.29, 1.82) is 0 Å². The van der Waals surface area contributed by atoms with Crippen molar-refractivity contribution in [3.63, 3.8) is 0 Å². The quantitative estimate of drug-likeness (QED) is 0.596. The lowest BCUT2D eigenvalue weighted by Crippen LogP contribution is -2.50. The molecule has 1 aromatic carbocycles. The Labute approximate surface area is 187 Å². The summed E-state index contributed by atoms with van der Waals surface area (Å²) < 4.78 is 3.20. The van der Waals surface area contributed by atoms with Gasteiger partial charge in [-0.1, -0.05) is 31.5 Å². The molecular weight excluding hydrogens is 406 g/mol. The van der Waals surface area contributed by atoms with E-state index in [2.05, 4.69) is 12.0 Å². The number of aromatic nitrogens is 3.